The van der Waals surface area contributed by atoms with Crippen molar-refractivity contribution in [1.82, 2.24) is 9.88 Å². The van der Waals surface area contributed by atoms with Crippen molar-refractivity contribution < 1.29 is 19.4 Å². The van der Waals surface area contributed by atoms with Gasteiger partial charge in [0.15, 0.2) is 0 Å². The number of aryl methyl sites for hydroxylation is 1. The minimum Gasteiger partial charge on any atom is -0.478 e. The summed E-state index contributed by atoms with van der Waals surface area (Å²) < 4.78 is 6.83. The van der Waals surface area contributed by atoms with Crippen LogP contribution in [-0.4, -0.2) is 34.9 Å². The first-order valence-electron chi connectivity index (χ1n) is 6.95. The molecule has 1 aromatic heterocycles. The molecule has 0 spiro atoms. The van der Waals surface area contributed by atoms with Crippen molar-refractivity contribution >= 4 is 23.0 Å². The first-order chi connectivity index (χ1) is 10.6. The predicted molar refractivity (Wildman–Crippen MR) is 83.1 cm³/mol. The lowest BCUT2D eigenvalue weighted by atomic mass is 10.1. The topological polar surface area (TPSA) is 80.6 Å². The Bertz CT molecular complexity index is 691. The molecular weight excluding hydrogens is 284 g/mol. The minimum atomic E-state index is -0.933. The zero-order valence-corrected chi connectivity index (χ0v) is 12.1. The molecule has 0 radical (unpaired) electrons. The maximum atomic E-state index is 11.2. The standard InChI is InChI=1S/C16H18N2O4/c1-2-10-22-16(21)17-7-3-8-18-9-6-12-11-13(15(19)20)4-5-14(12)18/h2,4-6,9,11H,1,3,7-8,10H2,(H,17,21)(H,19,20). The van der Waals surface area contributed by atoms with Gasteiger partial charge < -0.3 is 19.7 Å². The summed E-state index contributed by atoms with van der Waals surface area (Å²) in [5.41, 5.74) is 1.25. The number of carboxylic acid groups (broad SMARTS) is 1. The van der Waals surface area contributed by atoms with Crippen LogP contribution in [0, 0.1) is 0 Å². The molecule has 0 unspecified atom stereocenters. The number of ether oxygens (including phenoxy) is 1. The van der Waals surface area contributed by atoms with Crippen LogP contribution >= 0.6 is 0 Å². The van der Waals surface area contributed by atoms with Crippen molar-refractivity contribution in [2.45, 2.75) is 13.0 Å². The molecule has 0 aliphatic rings. The van der Waals surface area contributed by atoms with Gasteiger partial charge in [0.1, 0.15) is 6.61 Å². The third kappa shape index (κ3) is 3.88. The van der Waals surface area contributed by atoms with Crippen LogP contribution in [0.15, 0.2) is 43.1 Å². The number of carboxylic acids is 1. The zero-order chi connectivity index (χ0) is 15.9. The van der Waals surface area contributed by atoms with Gasteiger partial charge in [0.2, 0.25) is 0 Å². The van der Waals surface area contributed by atoms with Gasteiger partial charge in [-0.2, -0.15) is 0 Å². The maximum Gasteiger partial charge on any atom is 0.407 e. The van der Waals surface area contributed by atoms with Gasteiger partial charge in [-0.3, -0.25) is 0 Å². The first kappa shape index (κ1) is 15.6. The minimum absolute atomic E-state index is 0.194. The summed E-state index contributed by atoms with van der Waals surface area (Å²) in [6.45, 7) is 4.88. The third-order valence-electron chi connectivity index (χ3n) is 3.20. The number of alkyl carbamates (subject to hydrolysis) is 1. The molecule has 0 saturated carbocycles. The highest BCUT2D eigenvalue weighted by Gasteiger charge is 2.06. The molecule has 116 valence electrons. The summed E-state index contributed by atoms with van der Waals surface area (Å²) in [7, 11) is 0. The van der Waals surface area contributed by atoms with E-state index >= 15 is 0 Å². The lowest BCUT2D eigenvalue weighted by Gasteiger charge is -2.07. The number of nitrogens with one attached hydrogen (secondary N) is 1. The van der Waals surface area contributed by atoms with Crippen molar-refractivity contribution in [1.29, 1.82) is 0 Å². The van der Waals surface area contributed by atoms with Crippen molar-refractivity contribution in [2.24, 2.45) is 0 Å². The molecule has 0 aliphatic carbocycles. The summed E-state index contributed by atoms with van der Waals surface area (Å²) in [6.07, 6.45) is 3.71. The van der Waals surface area contributed by atoms with Crippen LogP contribution in [0.1, 0.15) is 16.8 Å². The Balaban J connectivity index is 1.88. The van der Waals surface area contributed by atoms with E-state index in [1.165, 1.54) is 6.08 Å². The highest BCUT2D eigenvalue weighted by Crippen LogP contribution is 2.18. The number of fused-ring (bicyclic) bond motifs is 1. The highest BCUT2D eigenvalue weighted by molar-refractivity contribution is 5.93. The van der Waals surface area contributed by atoms with Crippen LogP contribution in [-0.2, 0) is 11.3 Å². The number of benzene rings is 1. The summed E-state index contributed by atoms with van der Waals surface area (Å²) >= 11 is 0. The Hall–Kier alpha value is -2.76. The Morgan fingerprint density at radius 3 is 2.91 bits per heavy atom. The third-order valence-corrected chi connectivity index (χ3v) is 3.20. The zero-order valence-electron chi connectivity index (χ0n) is 12.1. The molecule has 1 heterocycles. The van der Waals surface area contributed by atoms with Crippen molar-refractivity contribution in [2.75, 3.05) is 13.2 Å². The number of aromatic carboxylic acids is 1. The fourth-order valence-electron chi connectivity index (χ4n) is 2.15. The molecule has 1 amide bonds. The Labute approximate surface area is 128 Å². The molecular formula is C16H18N2O4. The smallest absolute Gasteiger partial charge is 0.407 e. The number of hydrogen-bond acceptors (Lipinski definition) is 3. The van der Waals surface area contributed by atoms with Gasteiger partial charge in [0, 0.05) is 30.2 Å². The van der Waals surface area contributed by atoms with Gasteiger partial charge in [0.25, 0.3) is 0 Å². The average molecular weight is 302 g/mol. The molecule has 0 bridgehead atoms. The highest BCUT2D eigenvalue weighted by atomic mass is 16.5. The lowest BCUT2D eigenvalue weighted by molar-refractivity contribution is 0.0697. The average Bonchev–Trinajstić information content (AvgIpc) is 2.91. The van der Waals surface area contributed by atoms with Gasteiger partial charge in [-0.05, 0) is 30.7 Å². The molecule has 0 aliphatic heterocycles. The molecule has 0 fully saturated rings. The van der Waals surface area contributed by atoms with Gasteiger partial charge in [-0.1, -0.05) is 12.7 Å². The monoisotopic (exact) mass is 302 g/mol. The number of aromatic nitrogens is 1. The van der Waals surface area contributed by atoms with E-state index in [1.54, 1.807) is 18.2 Å². The quantitative estimate of drug-likeness (QED) is 0.608. The van der Waals surface area contributed by atoms with E-state index in [0.717, 1.165) is 23.9 Å². The SMILES string of the molecule is C=CCOC(=O)NCCCn1ccc2cc(C(=O)O)ccc21. The number of amides is 1. The van der Waals surface area contributed by atoms with Crippen LogP contribution in [0.2, 0.25) is 0 Å². The summed E-state index contributed by atoms with van der Waals surface area (Å²) in [5.74, 6) is -0.933. The maximum absolute atomic E-state index is 11.2. The number of carbonyl (C=O) groups is 2. The fraction of sp³-hybridized carbons (Fsp3) is 0.250. The molecule has 2 rings (SSSR count). The van der Waals surface area contributed by atoms with E-state index < -0.39 is 12.1 Å². The Morgan fingerprint density at radius 2 is 2.18 bits per heavy atom. The fourth-order valence-corrected chi connectivity index (χ4v) is 2.15. The second-order valence-corrected chi connectivity index (χ2v) is 4.76. The van der Waals surface area contributed by atoms with Crippen molar-refractivity contribution in [3.63, 3.8) is 0 Å². The molecule has 0 saturated heterocycles. The van der Waals surface area contributed by atoms with Gasteiger partial charge in [-0.25, -0.2) is 9.59 Å². The summed E-state index contributed by atoms with van der Waals surface area (Å²) in [4.78, 5) is 22.2. The summed E-state index contributed by atoms with van der Waals surface area (Å²) in [6, 6.07) is 6.92. The van der Waals surface area contributed by atoms with Crippen molar-refractivity contribution in [3.8, 4) is 0 Å². The van der Waals surface area contributed by atoms with Gasteiger partial charge in [0.05, 0.1) is 5.56 Å². The molecule has 6 heteroatoms. The number of nitrogens with zero attached hydrogens (tertiary/aromatic N) is 1. The van der Waals surface area contributed by atoms with E-state index in [-0.39, 0.29) is 12.2 Å². The van der Waals surface area contributed by atoms with E-state index in [4.69, 9.17) is 9.84 Å². The summed E-state index contributed by atoms with van der Waals surface area (Å²) in [5, 5.41) is 12.5. The number of carbonyl (C=O) groups excluding carboxylic acids is 1. The van der Waals surface area contributed by atoms with Crippen LogP contribution in [0.4, 0.5) is 4.79 Å². The number of rotatable bonds is 7. The Morgan fingerprint density at radius 1 is 1.36 bits per heavy atom. The molecule has 6 nitrogen and oxygen atoms in total. The van der Waals surface area contributed by atoms with E-state index in [0.29, 0.717) is 6.54 Å². The largest absolute Gasteiger partial charge is 0.478 e. The molecule has 22 heavy (non-hydrogen) atoms. The first-order valence-corrected chi connectivity index (χ1v) is 6.95. The van der Waals surface area contributed by atoms with Crippen LogP contribution in [0.5, 0.6) is 0 Å². The normalized spacial score (nSPS) is 10.4. The molecule has 1 aromatic carbocycles. The van der Waals surface area contributed by atoms with Gasteiger partial charge in [-0.15, -0.1) is 0 Å². The molecule has 2 N–H and O–H groups in total. The van der Waals surface area contributed by atoms with E-state index in [2.05, 4.69) is 11.9 Å². The van der Waals surface area contributed by atoms with Crippen LogP contribution < -0.4 is 5.32 Å². The van der Waals surface area contributed by atoms with E-state index in [1.807, 2.05) is 16.8 Å². The predicted octanol–water partition coefficient (Wildman–Crippen LogP) is 2.64. The lowest BCUT2D eigenvalue weighted by Crippen LogP contribution is -2.26. The molecule has 0 atom stereocenters. The van der Waals surface area contributed by atoms with Crippen LogP contribution in [0.25, 0.3) is 10.9 Å². The van der Waals surface area contributed by atoms with Crippen molar-refractivity contribution in [3.05, 3.63) is 48.7 Å². The van der Waals surface area contributed by atoms with Crippen LogP contribution in [0.3, 0.4) is 0 Å². The Kier molecular flexibility index (Phi) is 5.19. The second kappa shape index (κ2) is 7.31. The number of hydrogen-bond donors (Lipinski definition) is 2. The molecule has 2 aromatic rings. The van der Waals surface area contributed by atoms with Gasteiger partial charge >= 0.3 is 12.1 Å². The van der Waals surface area contributed by atoms with E-state index in [9.17, 15) is 9.59 Å². The second-order valence-electron chi connectivity index (χ2n) is 4.76.